The van der Waals surface area contributed by atoms with E-state index >= 15 is 0 Å². The molecule has 1 aromatic heterocycles. The average molecular weight is 314 g/mol. The molecule has 1 saturated heterocycles. The summed E-state index contributed by atoms with van der Waals surface area (Å²) < 4.78 is 7.43. The first kappa shape index (κ1) is 15.6. The van der Waals surface area contributed by atoms with Crippen molar-refractivity contribution in [2.75, 3.05) is 19.7 Å². The van der Waals surface area contributed by atoms with E-state index in [1.807, 2.05) is 55.1 Å². The summed E-state index contributed by atoms with van der Waals surface area (Å²) in [7, 11) is 1.93. The Hall–Kier alpha value is -2.34. The third-order valence-corrected chi connectivity index (χ3v) is 4.05. The van der Waals surface area contributed by atoms with Crippen molar-refractivity contribution in [2.24, 2.45) is 7.05 Å². The lowest BCUT2D eigenvalue weighted by atomic mass is 10.1. The lowest BCUT2D eigenvalue weighted by molar-refractivity contribution is -0.00376. The van der Waals surface area contributed by atoms with Crippen LogP contribution in [0.15, 0.2) is 42.7 Å². The maximum absolute atomic E-state index is 12.7. The van der Waals surface area contributed by atoms with Crippen LogP contribution in [0.4, 0.5) is 4.79 Å². The van der Waals surface area contributed by atoms with Crippen LogP contribution in [0.1, 0.15) is 24.4 Å². The van der Waals surface area contributed by atoms with E-state index < -0.39 is 0 Å². The minimum absolute atomic E-state index is 0.0674. The molecule has 2 amide bonds. The molecule has 0 spiro atoms. The van der Waals surface area contributed by atoms with Gasteiger partial charge in [-0.15, -0.1) is 0 Å². The number of ether oxygens (including phenoxy) is 1. The molecule has 6 nitrogen and oxygen atoms in total. The highest BCUT2D eigenvalue weighted by molar-refractivity contribution is 5.75. The van der Waals surface area contributed by atoms with Gasteiger partial charge in [-0.2, -0.15) is 0 Å². The van der Waals surface area contributed by atoms with E-state index in [0.29, 0.717) is 19.7 Å². The second-order valence-electron chi connectivity index (χ2n) is 5.82. The minimum atomic E-state index is -0.276. The molecule has 1 aliphatic rings. The van der Waals surface area contributed by atoms with Gasteiger partial charge in [0.05, 0.1) is 12.7 Å². The number of morpholine rings is 1. The van der Waals surface area contributed by atoms with Crippen LogP contribution < -0.4 is 5.32 Å². The fraction of sp³-hybridized carbons (Fsp3) is 0.412. The van der Waals surface area contributed by atoms with Gasteiger partial charge in [0.25, 0.3) is 0 Å². The molecule has 23 heavy (non-hydrogen) atoms. The van der Waals surface area contributed by atoms with Crippen molar-refractivity contribution in [1.82, 2.24) is 19.8 Å². The molecule has 1 aliphatic heterocycles. The van der Waals surface area contributed by atoms with Crippen LogP contribution in [-0.2, 0) is 11.8 Å². The molecule has 2 atom stereocenters. The summed E-state index contributed by atoms with van der Waals surface area (Å²) in [6.45, 7) is 3.77. The van der Waals surface area contributed by atoms with Crippen LogP contribution in [0, 0.1) is 0 Å². The van der Waals surface area contributed by atoms with Gasteiger partial charge in [-0.25, -0.2) is 9.78 Å². The van der Waals surface area contributed by atoms with Gasteiger partial charge in [-0.3, -0.25) is 0 Å². The van der Waals surface area contributed by atoms with Gasteiger partial charge in [0.1, 0.15) is 11.9 Å². The van der Waals surface area contributed by atoms with Crippen LogP contribution >= 0.6 is 0 Å². The Labute approximate surface area is 136 Å². The maximum atomic E-state index is 12.7. The molecular formula is C17H22N4O2. The Morgan fingerprint density at radius 3 is 2.83 bits per heavy atom. The number of nitrogens with one attached hydrogen (secondary N) is 1. The van der Waals surface area contributed by atoms with E-state index in [0.717, 1.165) is 11.4 Å². The molecule has 2 unspecified atom stereocenters. The second kappa shape index (κ2) is 6.83. The lowest BCUT2D eigenvalue weighted by Crippen LogP contribution is -2.50. The van der Waals surface area contributed by atoms with Crippen molar-refractivity contribution in [3.8, 4) is 0 Å². The van der Waals surface area contributed by atoms with Crippen molar-refractivity contribution in [2.45, 2.75) is 19.1 Å². The molecule has 2 aromatic rings. The van der Waals surface area contributed by atoms with Crippen LogP contribution in [-0.4, -0.2) is 46.3 Å². The van der Waals surface area contributed by atoms with Gasteiger partial charge in [0, 0.05) is 32.5 Å². The number of hydrogen-bond donors (Lipinski definition) is 1. The van der Waals surface area contributed by atoms with E-state index in [1.54, 1.807) is 11.1 Å². The number of aromatic nitrogens is 2. The summed E-state index contributed by atoms with van der Waals surface area (Å²) >= 11 is 0. The molecule has 2 heterocycles. The molecule has 1 aromatic carbocycles. The quantitative estimate of drug-likeness (QED) is 0.942. The summed E-state index contributed by atoms with van der Waals surface area (Å²) in [5, 5.41) is 3.11. The number of urea groups is 1. The van der Waals surface area contributed by atoms with E-state index in [-0.39, 0.29) is 18.2 Å². The van der Waals surface area contributed by atoms with Crippen LogP contribution in [0.5, 0.6) is 0 Å². The van der Waals surface area contributed by atoms with Gasteiger partial charge in [0.15, 0.2) is 0 Å². The number of amides is 2. The van der Waals surface area contributed by atoms with Gasteiger partial charge in [-0.05, 0) is 12.5 Å². The smallest absolute Gasteiger partial charge is 0.318 e. The van der Waals surface area contributed by atoms with Crippen LogP contribution in [0.3, 0.4) is 0 Å². The number of hydrogen-bond acceptors (Lipinski definition) is 3. The number of rotatable bonds is 3. The molecule has 0 saturated carbocycles. The van der Waals surface area contributed by atoms with Crippen molar-refractivity contribution < 1.29 is 9.53 Å². The Kier molecular flexibility index (Phi) is 4.62. The lowest BCUT2D eigenvalue weighted by Gasteiger charge is -2.32. The van der Waals surface area contributed by atoms with E-state index in [1.165, 1.54) is 0 Å². The monoisotopic (exact) mass is 314 g/mol. The van der Waals surface area contributed by atoms with E-state index in [4.69, 9.17) is 4.74 Å². The molecule has 1 fully saturated rings. The van der Waals surface area contributed by atoms with Gasteiger partial charge < -0.3 is 19.5 Å². The third-order valence-electron chi connectivity index (χ3n) is 4.05. The van der Waals surface area contributed by atoms with Crippen LogP contribution in [0.25, 0.3) is 0 Å². The number of nitrogens with zero attached hydrogens (tertiary/aromatic N) is 3. The summed E-state index contributed by atoms with van der Waals surface area (Å²) in [6, 6.07) is 9.54. The summed E-state index contributed by atoms with van der Waals surface area (Å²) in [5.41, 5.74) is 1.01. The Bertz CT molecular complexity index is 656. The highest BCUT2D eigenvalue weighted by Crippen LogP contribution is 2.20. The fourth-order valence-electron chi connectivity index (χ4n) is 2.82. The van der Waals surface area contributed by atoms with Crippen molar-refractivity contribution in [1.29, 1.82) is 0 Å². The maximum Gasteiger partial charge on any atom is 0.318 e. The summed E-state index contributed by atoms with van der Waals surface area (Å²) in [4.78, 5) is 18.9. The minimum Gasteiger partial charge on any atom is -0.375 e. The molecule has 0 aliphatic carbocycles. The average Bonchev–Trinajstić information content (AvgIpc) is 2.99. The van der Waals surface area contributed by atoms with Crippen molar-refractivity contribution in [3.05, 3.63) is 54.1 Å². The zero-order valence-electron chi connectivity index (χ0n) is 13.5. The Balaban J connectivity index is 1.82. The predicted molar refractivity (Wildman–Crippen MR) is 87.0 cm³/mol. The Morgan fingerprint density at radius 1 is 1.39 bits per heavy atom. The zero-order valence-corrected chi connectivity index (χ0v) is 13.5. The molecule has 122 valence electrons. The number of carbonyl (C=O) groups excluding carboxylic acids is 1. The van der Waals surface area contributed by atoms with Gasteiger partial charge in [-0.1, -0.05) is 30.3 Å². The number of imidazole rings is 1. The van der Waals surface area contributed by atoms with Crippen molar-refractivity contribution in [3.63, 3.8) is 0 Å². The topological polar surface area (TPSA) is 59.4 Å². The van der Waals surface area contributed by atoms with Gasteiger partial charge >= 0.3 is 6.03 Å². The first-order chi connectivity index (χ1) is 11.1. The predicted octanol–water partition coefficient (Wildman–Crippen LogP) is 1.94. The highest BCUT2D eigenvalue weighted by Gasteiger charge is 2.26. The largest absolute Gasteiger partial charge is 0.375 e. The molecule has 1 N–H and O–H groups in total. The molecule has 3 rings (SSSR count). The molecular weight excluding hydrogens is 292 g/mol. The van der Waals surface area contributed by atoms with E-state index in [9.17, 15) is 4.79 Å². The second-order valence-corrected chi connectivity index (χ2v) is 5.82. The standard InChI is InChI=1S/C17H22N4O2/c1-13-12-21(10-11-23-13)17(22)19-15(14-6-4-3-5-7-14)16-18-8-9-20(16)2/h3-9,13,15H,10-12H2,1-2H3,(H,19,22). The SMILES string of the molecule is CC1CN(C(=O)NC(c2ccccc2)c2nccn2C)CCO1. The van der Waals surface area contributed by atoms with Crippen LogP contribution in [0.2, 0.25) is 0 Å². The van der Waals surface area contributed by atoms with Crippen molar-refractivity contribution >= 4 is 6.03 Å². The highest BCUT2D eigenvalue weighted by atomic mass is 16.5. The number of carbonyl (C=O) groups is 1. The zero-order chi connectivity index (χ0) is 16.2. The number of benzene rings is 1. The summed E-state index contributed by atoms with van der Waals surface area (Å²) in [6.07, 6.45) is 3.69. The Morgan fingerprint density at radius 2 is 2.17 bits per heavy atom. The first-order valence-electron chi connectivity index (χ1n) is 7.84. The third kappa shape index (κ3) is 3.53. The first-order valence-corrected chi connectivity index (χ1v) is 7.84. The molecule has 0 radical (unpaired) electrons. The number of aryl methyl sites for hydroxylation is 1. The normalized spacial score (nSPS) is 19.4. The van der Waals surface area contributed by atoms with Gasteiger partial charge in [0.2, 0.25) is 0 Å². The molecule has 6 heteroatoms. The fourth-order valence-corrected chi connectivity index (χ4v) is 2.82. The van der Waals surface area contributed by atoms with E-state index in [2.05, 4.69) is 10.3 Å². The molecule has 0 bridgehead atoms. The summed E-state index contributed by atoms with van der Waals surface area (Å²) in [5.74, 6) is 0.811.